The molecule has 0 amide bonds. The molecule has 4 saturated carbocycles. The van der Waals surface area contributed by atoms with Gasteiger partial charge >= 0.3 is 35.8 Å². The quantitative estimate of drug-likeness (QED) is 0.192. The Morgan fingerprint density at radius 2 is 1.47 bits per heavy atom. The third-order valence-corrected chi connectivity index (χ3v) is 15.5. The molecule has 7 fully saturated rings. The van der Waals surface area contributed by atoms with E-state index in [1.165, 1.54) is 40.6 Å². The van der Waals surface area contributed by atoms with Gasteiger partial charge in [0, 0.05) is 61.8 Å². The highest BCUT2D eigenvalue weighted by Gasteiger charge is 3.06. The zero-order valence-electron chi connectivity index (χ0n) is 35.0. The minimum Gasteiger partial charge on any atom is -0.472 e. The maximum Gasteiger partial charge on any atom is 0.341 e. The van der Waals surface area contributed by atoms with Gasteiger partial charge in [-0.1, -0.05) is 20.8 Å². The fourth-order valence-corrected chi connectivity index (χ4v) is 13.6. The average Bonchev–Trinajstić information content (AvgIpc) is 3.47. The van der Waals surface area contributed by atoms with E-state index in [4.69, 9.17) is 51.8 Å². The predicted octanol–water partition coefficient (Wildman–Crippen LogP) is 2.75. The van der Waals surface area contributed by atoms with Gasteiger partial charge in [0.05, 0.1) is 45.4 Å². The first-order valence-corrected chi connectivity index (χ1v) is 19.8. The molecule has 3 saturated heterocycles. The molecule has 0 radical (unpaired) electrons. The zero-order chi connectivity index (χ0) is 43.3. The number of hydrogen-bond acceptors (Lipinski definition) is 18. The standard InChI is InChI=1S/C41H52O18/c1-19-35(7,55-19)32(48)54-30-34(6)18-38-36(8,24(34)14-27(46)49-10)41-26(45)16-33(5,29(52-20(2)42)23-12-13-51-17-23)25(15-28(47)50-11)39(41,58-37(9,57-38)59-41)31(53-21(3)43)40(30,38)56-22(4)44/h12-13,17,19,24-26,29-31,45H,14-16,18H2,1-11H3/t19-,24+,25-,26-,29+,30+,31+,33-,34+,35+,36-,37?,38-,39-,40+,41+/m1/s1. The number of epoxide rings is 1. The first-order chi connectivity index (χ1) is 27.4. The van der Waals surface area contributed by atoms with E-state index in [2.05, 4.69) is 0 Å². The van der Waals surface area contributed by atoms with Crippen LogP contribution in [0.15, 0.2) is 23.0 Å². The molecule has 0 aromatic carbocycles. The first-order valence-electron chi connectivity index (χ1n) is 19.8. The van der Waals surface area contributed by atoms with Crippen molar-refractivity contribution in [2.45, 2.75) is 152 Å². The summed E-state index contributed by atoms with van der Waals surface area (Å²) in [7, 11) is 2.39. The van der Waals surface area contributed by atoms with Gasteiger partial charge in [-0.25, -0.2) is 4.79 Å². The molecule has 4 aliphatic carbocycles. The van der Waals surface area contributed by atoms with Crippen LogP contribution in [0, 0.1) is 28.1 Å². The SMILES string of the molecule is COC(=O)C[C@@H]1[C@](C)([C@@H](OC(C)=O)c2ccoc2)C[C@@H](O)[C@@]23OC4(C)O[C@@]12[C@H](OC(C)=O)[C@@]1(OC(C)=O)[C@@H](OC(=O)[C@@]2(C)O[C@@H]2C)[C@@]2(C)C[C@@]1(O4)[C@@]3(C)[C@H]2CC(=O)OC. The van der Waals surface area contributed by atoms with E-state index in [1.807, 2.05) is 0 Å². The normalized spacial score (nSPS) is 48.3. The molecule has 59 heavy (non-hydrogen) atoms. The summed E-state index contributed by atoms with van der Waals surface area (Å²) in [6.07, 6.45) is -5.54. The van der Waals surface area contributed by atoms with Gasteiger partial charge < -0.3 is 56.9 Å². The van der Waals surface area contributed by atoms with Crippen molar-refractivity contribution in [2.75, 3.05) is 14.2 Å². The molecule has 1 aromatic heterocycles. The number of carbonyl (C=O) groups excluding carboxylic acids is 6. The van der Waals surface area contributed by atoms with Gasteiger partial charge in [0.1, 0.15) is 17.3 Å². The van der Waals surface area contributed by atoms with Crippen LogP contribution in [0.1, 0.15) is 99.7 Å². The number of furan rings is 1. The number of ether oxygens (including phenoxy) is 10. The molecule has 3 aliphatic heterocycles. The van der Waals surface area contributed by atoms with Crippen LogP contribution in [-0.4, -0.2) is 114 Å². The number of fused-ring (bicyclic) bond motifs is 2. The third-order valence-electron chi connectivity index (χ3n) is 15.5. The maximum absolute atomic E-state index is 14.4. The first kappa shape index (κ1) is 41.6. The second kappa shape index (κ2) is 12.5. The van der Waals surface area contributed by atoms with Crippen molar-refractivity contribution >= 4 is 35.8 Å². The molecule has 324 valence electrons. The van der Waals surface area contributed by atoms with Crippen LogP contribution in [0.2, 0.25) is 0 Å². The Hall–Kier alpha value is -4.10. The Balaban J connectivity index is 1.52. The lowest BCUT2D eigenvalue weighted by atomic mass is 9.33. The summed E-state index contributed by atoms with van der Waals surface area (Å²) in [6.45, 7) is 13.3. The molecule has 16 atom stereocenters. The van der Waals surface area contributed by atoms with Crippen LogP contribution in [0.25, 0.3) is 0 Å². The van der Waals surface area contributed by atoms with Gasteiger partial charge in [-0.05, 0) is 38.7 Å². The van der Waals surface area contributed by atoms with E-state index < -0.39 is 135 Å². The smallest absolute Gasteiger partial charge is 0.341 e. The molecule has 8 rings (SSSR count). The van der Waals surface area contributed by atoms with E-state index in [0.717, 1.165) is 13.8 Å². The second-order valence-electron chi connectivity index (χ2n) is 18.4. The van der Waals surface area contributed by atoms with E-state index in [0.29, 0.717) is 5.56 Å². The van der Waals surface area contributed by atoms with Gasteiger partial charge in [0.25, 0.3) is 5.97 Å². The minimum atomic E-state index is -2.35. The number of esters is 6. The Kier molecular flexibility index (Phi) is 8.81. The molecule has 4 heterocycles. The average molecular weight is 833 g/mol. The number of carbonyl (C=O) groups is 6. The van der Waals surface area contributed by atoms with Crippen LogP contribution < -0.4 is 0 Å². The molecular formula is C41H52O18. The van der Waals surface area contributed by atoms with E-state index >= 15 is 0 Å². The minimum absolute atomic E-state index is 0.106. The van der Waals surface area contributed by atoms with E-state index in [-0.39, 0.29) is 19.3 Å². The summed E-state index contributed by atoms with van der Waals surface area (Å²) in [5, 5.41) is 13.3. The Bertz CT molecular complexity index is 2020. The van der Waals surface area contributed by atoms with Crippen molar-refractivity contribution in [1.29, 1.82) is 0 Å². The lowest BCUT2D eigenvalue weighted by Crippen LogP contribution is -2.96. The number of aliphatic hydroxyl groups is 1. The third kappa shape index (κ3) is 4.69. The van der Waals surface area contributed by atoms with Crippen LogP contribution in [0.5, 0.6) is 0 Å². The highest BCUT2D eigenvalue weighted by Crippen LogP contribution is 2.90. The van der Waals surface area contributed by atoms with Crippen LogP contribution in [0.4, 0.5) is 0 Å². The molecule has 1 N–H and O–H groups in total. The zero-order valence-corrected chi connectivity index (χ0v) is 35.0. The van der Waals surface area contributed by atoms with Gasteiger partial charge in [0.2, 0.25) is 5.60 Å². The van der Waals surface area contributed by atoms with E-state index in [9.17, 15) is 33.9 Å². The lowest BCUT2D eigenvalue weighted by molar-refractivity contribution is -0.486. The van der Waals surface area contributed by atoms with Crippen molar-refractivity contribution in [1.82, 2.24) is 0 Å². The summed E-state index contributed by atoms with van der Waals surface area (Å²) in [5.41, 5.74) is -14.5. The molecule has 7 aliphatic rings. The highest BCUT2D eigenvalue weighted by atomic mass is 16.9. The fraction of sp³-hybridized carbons (Fsp3) is 0.756. The number of hydrogen-bond donors (Lipinski definition) is 1. The van der Waals surface area contributed by atoms with Gasteiger partial charge in [-0.15, -0.1) is 0 Å². The van der Waals surface area contributed by atoms with Gasteiger partial charge in [0.15, 0.2) is 23.4 Å². The molecule has 1 unspecified atom stereocenters. The molecule has 4 bridgehead atoms. The number of rotatable bonds is 11. The van der Waals surface area contributed by atoms with Crippen molar-refractivity contribution in [3.8, 4) is 0 Å². The Labute approximate surface area is 340 Å². The van der Waals surface area contributed by atoms with Gasteiger partial charge in [-0.3, -0.25) is 24.0 Å². The second-order valence-corrected chi connectivity index (χ2v) is 18.4. The van der Waals surface area contributed by atoms with Crippen molar-refractivity contribution in [3.05, 3.63) is 24.2 Å². The van der Waals surface area contributed by atoms with Crippen molar-refractivity contribution in [3.63, 3.8) is 0 Å². The molecule has 2 spiro atoms. The summed E-state index contributed by atoms with van der Waals surface area (Å²) in [6, 6.07) is 1.56. The number of methoxy groups -OCH3 is 2. The number of aliphatic hydroxyl groups excluding tert-OH is 1. The fourth-order valence-electron chi connectivity index (χ4n) is 13.6. The lowest BCUT2D eigenvalue weighted by Gasteiger charge is -2.77. The van der Waals surface area contributed by atoms with E-state index in [1.54, 1.807) is 40.7 Å². The van der Waals surface area contributed by atoms with Crippen molar-refractivity contribution < 1.29 is 85.7 Å². The molecule has 18 nitrogen and oxygen atoms in total. The molecule has 18 heteroatoms. The highest BCUT2D eigenvalue weighted by molar-refractivity contribution is 5.83. The summed E-state index contributed by atoms with van der Waals surface area (Å²) in [4.78, 5) is 82.7. The topological polar surface area (TPSA) is 231 Å². The maximum atomic E-state index is 14.4. The summed E-state index contributed by atoms with van der Waals surface area (Å²) < 4.78 is 68.8. The summed E-state index contributed by atoms with van der Waals surface area (Å²) >= 11 is 0. The summed E-state index contributed by atoms with van der Waals surface area (Å²) in [5.74, 6) is -9.34. The van der Waals surface area contributed by atoms with Crippen LogP contribution in [-0.2, 0) is 76.1 Å². The Morgan fingerprint density at radius 1 is 0.847 bits per heavy atom. The van der Waals surface area contributed by atoms with Crippen molar-refractivity contribution in [2.24, 2.45) is 28.1 Å². The largest absolute Gasteiger partial charge is 0.472 e. The monoisotopic (exact) mass is 832 g/mol. The van der Waals surface area contributed by atoms with Crippen LogP contribution >= 0.6 is 0 Å². The van der Waals surface area contributed by atoms with Crippen LogP contribution in [0.3, 0.4) is 0 Å². The molecular weight excluding hydrogens is 780 g/mol. The molecule has 1 aromatic rings. The Morgan fingerprint density at radius 3 is 2.00 bits per heavy atom. The predicted molar refractivity (Wildman–Crippen MR) is 192 cm³/mol. The van der Waals surface area contributed by atoms with Gasteiger partial charge in [-0.2, -0.15) is 0 Å².